The maximum atomic E-state index is 13.0. The molecule has 0 bridgehead atoms. The Hall–Kier alpha value is -3.71. The fourth-order valence-corrected chi connectivity index (χ4v) is 3.51. The van der Waals surface area contributed by atoms with Gasteiger partial charge < -0.3 is 10.6 Å². The Bertz CT molecular complexity index is 1250. The highest BCUT2D eigenvalue weighted by Gasteiger charge is 2.17. The molecule has 0 unspecified atom stereocenters. The third-order valence-corrected chi connectivity index (χ3v) is 5.21. The van der Waals surface area contributed by atoms with E-state index in [0.717, 1.165) is 11.1 Å². The molecule has 2 N–H and O–H groups in total. The number of amides is 2. The minimum atomic E-state index is -0.244. The summed E-state index contributed by atoms with van der Waals surface area (Å²) in [4.78, 5) is 28.9. The molecule has 0 saturated heterocycles. The Morgan fingerprint density at radius 2 is 1.72 bits per heavy atom. The second-order valence-corrected chi connectivity index (χ2v) is 7.76. The molecule has 4 aromatic rings. The first kappa shape index (κ1) is 21.5. The predicted octanol–water partition coefficient (Wildman–Crippen LogP) is 3.67. The molecule has 0 fully saturated rings. The van der Waals surface area contributed by atoms with E-state index in [9.17, 15) is 9.59 Å². The summed E-state index contributed by atoms with van der Waals surface area (Å²) in [5, 5.41) is 11.4. The van der Waals surface area contributed by atoms with Crippen LogP contribution in [0.3, 0.4) is 0 Å². The molecule has 2 aromatic carbocycles. The molecule has 7 nitrogen and oxygen atoms in total. The SMILES string of the molecule is CC(=O)NCCNC(=O)c1cc(-c2ccccc2)nc2c1cnn2Cc1ccc(Cl)cc1. The number of hydrogen-bond donors (Lipinski definition) is 2. The Morgan fingerprint density at radius 3 is 2.44 bits per heavy atom. The van der Waals surface area contributed by atoms with Crippen LogP contribution >= 0.6 is 11.6 Å². The largest absolute Gasteiger partial charge is 0.355 e. The van der Waals surface area contributed by atoms with Crippen LogP contribution in [0.15, 0.2) is 66.9 Å². The van der Waals surface area contributed by atoms with Gasteiger partial charge in [-0.1, -0.05) is 54.1 Å². The molecule has 0 spiro atoms. The molecule has 4 rings (SSSR count). The van der Waals surface area contributed by atoms with Crippen LogP contribution in [0.2, 0.25) is 5.02 Å². The van der Waals surface area contributed by atoms with Crippen molar-refractivity contribution in [3.8, 4) is 11.3 Å². The van der Waals surface area contributed by atoms with Crippen LogP contribution in [0.4, 0.5) is 0 Å². The van der Waals surface area contributed by atoms with E-state index >= 15 is 0 Å². The van der Waals surface area contributed by atoms with E-state index in [1.165, 1.54) is 6.92 Å². The van der Waals surface area contributed by atoms with Crippen molar-refractivity contribution in [2.75, 3.05) is 13.1 Å². The van der Waals surface area contributed by atoms with Crippen molar-refractivity contribution in [2.24, 2.45) is 0 Å². The maximum absolute atomic E-state index is 13.0. The van der Waals surface area contributed by atoms with E-state index in [0.29, 0.717) is 46.9 Å². The van der Waals surface area contributed by atoms with Gasteiger partial charge in [-0.05, 0) is 23.8 Å². The second kappa shape index (κ2) is 9.62. The van der Waals surface area contributed by atoms with Crippen molar-refractivity contribution >= 4 is 34.4 Å². The molecule has 0 aliphatic rings. The van der Waals surface area contributed by atoms with Gasteiger partial charge in [0.2, 0.25) is 5.91 Å². The lowest BCUT2D eigenvalue weighted by Crippen LogP contribution is -2.33. The van der Waals surface area contributed by atoms with Gasteiger partial charge in [-0.2, -0.15) is 5.10 Å². The maximum Gasteiger partial charge on any atom is 0.252 e. The lowest BCUT2D eigenvalue weighted by atomic mass is 10.1. The average Bonchev–Trinajstić information content (AvgIpc) is 3.20. The van der Waals surface area contributed by atoms with Crippen molar-refractivity contribution in [1.82, 2.24) is 25.4 Å². The first-order valence-electron chi connectivity index (χ1n) is 10.2. The zero-order valence-corrected chi connectivity index (χ0v) is 18.3. The summed E-state index contributed by atoms with van der Waals surface area (Å²) in [5.74, 6) is -0.383. The molecule has 0 aliphatic carbocycles. The van der Waals surface area contributed by atoms with E-state index in [1.807, 2.05) is 54.6 Å². The van der Waals surface area contributed by atoms with Gasteiger partial charge in [-0.25, -0.2) is 9.67 Å². The van der Waals surface area contributed by atoms with Crippen LogP contribution in [0.5, 0.6) is 0 Å². The summed E-state index contributed by atoms with van der Waals surface area (Å²) in [5.41, 5.74) is 3.71. The summed E-state index contributed by atoms with van der Waals surface area (Å²) in [6.45, 7) is 2.61. The molecule has 0 radical (unpaired) electrons. The van der Waals surface area contributed by atoms with E-state index in [-0.39, 0.29) is 11.8 Å². The number of fused-ring (bicyclic) bond motifs is 1. The summed E-state index contributed by atoms with van der Waals surface area (Å²) in [7, 11) is 0. The fourth-order valence-electron chi connectivity index (χ4n) is 3.38. The van der Waals surface area contributed by atoms with Gasteiger partial charge in [-0.15, -0.1) is 0 Å². The predicted molar refractivity (Wildman–Crippen MR) is 125 cm³/mol. The molecule has 8 heteroatoms. The highest BCUT2D eigenvalue weighted by molar-refractivity contribution is 6.30. The highest BCUT2D eigenvalue weighted by atomic mass is 35.5. The van der Waals surface area contributed by atoms with E-state index in [1.54, 1.807) is 16.9 Å². The third kappa shape index (κ3) is 4.95. The minimum absolute atomic E-state index is 0.139. The van der Waals surface area contributed by atoms with Crippen molar-refractivity contribution in [1.29, 1.82) is 0 Å². The second-order valence-electron chi connectivity index (χ2n) is 7.33. The van der Waals surface area contributed by atoms with Gasteiger partial charge in [0.05, 0.1) is 29.4 Å². The molecule has 0 aliphatic heterocycles. The number of benzene rings is 2. The molecule has 162 valence electrons. The topological polar surface area (TPSA) is 88.9 Å². The van der Waals surface area contributed by atoms with Crippen LogP contribution in [-0.4, -0.2) is 39.7 Å². The smallest absolute Gasteiger partial charge is 0.252 e. The zero-order valence-electron chi connectivity index (χ0n) is 17.5. The molecule has 0 atom stereocenters. The van der Waals surface area contributed by atoms with Crippen LogP contribution in [0.25, 0.3) is 22.3 Å². The lowest BCUT2D eigenvalue weighted by molar-refractivity contribution is -0.118. The van der Waals surface area contributed by atoms with Crippen molar-refractivity contribution < 1.29 is 9.59 Å². The van der Waals surface area contributed by atoms with Gasteiger partial charge in [0.25, 0.3) is 5.91 Å². The van der Waals surface area contributed by atoms with Crippen LogP contribution in [0, 0.1) is 0 Å². The van der Waals surface area contributed by atoms with E-state index in [2.05, 4.69) is 15.7 Å². The van der Waals surface area contributed by atoms with Gasteiger partial charge in [0, 0.05) is 30.6 Å². The minimum Gasteiger partial charge on any atom is -0.355 e. The van der Waals surface area contributed by atoms with Gasteiger partial charge >= 0.3 is 0 Å². The lowest BCUT2D eigenvalue weighted by Gasteiger charge is -2.10. The number of rotatable bonds is 7. The Kier molecular flexibility index (Phi) is 6.47. The quantitative estimate of drug-likeness (QED) is 0.423. The number of carbonyl (C=O) groups excluding carboxylic acids is 2. The molecule has 2 aromatic heterocycles. The summed E-state index contributed by atoms with van der Waals surface area (Å²) < 4.78 is 1.78. The summed E-state index contributed by atoms with van der Waals surface area (Å²) in [6.07, 6.45) is 1.66. The van der Waals surface area contributed by atoms with Crippen LogP contribution < -0.4 is 10.6 Å². The van der Waals surface area contributed by atoms with Gasteiger partial charge in [-0.3, -0.25) is 9.59 Å². The van der Waals surface area contributed by atoms with Crippen LogP contribution in [0.1, 0.15) is 22.8 Å². The Morgan fingerprint density at radius 1 is 1.00 bits per heavy atom. The molecule has 2 amide bonds. The fraction of sp³-hybridized carbons (Fsp3) is 0.167. The number of pyridine rings is 1. The average molecular weight is 448 g/mol. The van der Waals surface area contributed by atoms with Crippen molar-refractivity contribution in [2.45, 2.75) is 13.5 Å². The number of carbonyl (C=O) groups is 2. The molecule has 32 heavy (non-hydrogen) atoms. The van der Waals surface area contributed by atoms with Crippen LogP contribution in [-0.2, 0) is 11.3 Å². The third-order valence-electron chi connectivity index (χ3n) is 4.95. The van der Waals surface area contributed by atoms with Gasteiger partial charge in [0.1, 0.15) is 0 Å². The first-order valence-corrected chi connectivity index (χ1v) is 10.6. The number of aromatic nitrogens is 3. The first-order chi connectivity index (χ1) is 15.5. The normalized spacial score (nSPS) is 10.8. The van der Waals surface area contributed by atoms with Crippen molar-refractivity contribution in [3.05, 3.63) is 83.0 Å². The number of hydrogen-bond acceptors (Lipinski definition) is 4. The summed E-state index contributed by atoms with van der Waals surface area (Å²) >= 11 is 6.00. The van der Waals surface area contributed by atoms with Crippen molar-refractivity contribution in [3.63, 3.8) is 0 Å². The summed E-state index contributed by atoms with van der Waals surface area (Å²) in [6, 6.07) is 19.0. The molecule has 0 saturated carbocycles. The molecular weight excluding hydrogens is 426 g/mol. The standard InChI is InChI=1S/C24H22ClN5O2/c1-16(31)26-11-12-27-24(32)20-13-22(18-5-3-2-4-6-18)29-23-21(20)14-28-30(23)15-17-7-9-19(25)10-8-17/h2-10,13-14H,11-12,15H2,1H3,(H,26,31)(H,27,32). The zero-order chi connectivity index (χ0) is 22.5. The molecular formula is C24H22ClN5O2. The monoisotopic (exact) mass is 447 g/mol. The van der Waals surface area contributed by atoms with E-state index in [4.69, 9.17) is 16.6 Å². The highest BCUT2D eigenvalue weighted by Crippen LogP contribution is 2.25. The molecule has 2 heterocycles. The Balaban J connectivity index is 1.71. The van der Waals surface area contributed by atoms with E-state index < -0.39 is 0 Å². The van der Waals surface area contributed by atoms with Gasteiger partial charge in [0.15, 0.2) is 5.65 Å². The Labute approximate surface area is 190 Å². The number of nitrogens with one attached hydrogen (secondary N) is 2. The number of halogens is 1. The number of nitrogens with zero attached hydrogens (tertiary/aromatic N) is 3.